The van der Waals surface area contributed by atoms with Crippen molar-refractivity contribution in [2.24, 2.45) is 11.8 Å². The van der Waals surface area contributed by atoms with E-state index in [1.807, 2.05) is 6.92 Å². The van der Waals surface area contributed by atoms with Gasteiger partial charge in [-0.15, -0.1) is 0 Å². The average Bonchev–Trinajstić information content (AvgIpc) is 2.43. The molecule has 0 unspecified atom stereocenters. The van der Waals surface area contributed by atoms with Crippen LogP contribution in [-0.2, 0) is 9.59 Å². The molecule has 0 bridgehead atoms. The molecular formula is C16H28NO3-. The second-order valence-electron chi connectivity index (χ2n) is 6.08. The molecule has 0 saturated heterocycles. The van der Waals surface area contributed by atoms with Gasteiger partial charge in [0.25, 0.3) is 0 Å². The second kappa shape index (κ2) is 8.98. The Morgan fingerprint density at radius 2 is 1.80 bits per heavy atom. The number of carboxylic acids is 1. The number of nitrogens with one attached hydrogen (secondary N) is 1. The van der Waals surface area contributed by atoms with Gasteiger partial charge in [0.15, 0.2) is 0 Å². The molecule has 0 aromatic heterocycles. The summed E-state index contributed by atoms with van der Waals surface area (Å²) in [5.41, 5.74) is 0. The van der Waals surface area contributed by atoms with Crippen molar-refractivity contribution in [3.8, 4) is 0 Å². The van der Waals surface area contributed by atoms with E-state index in [9.17, 15) is 14.7 Å². The minimum Gasteiger partial charge on any atom is -0.550 e. The van der Waals surface area contributed by atoms with Crippen LogP contribution in [0.5, 0.6) is 0 Å². The molecule has 0 spiro atoms. The molecule has 0 aromatic rings. The van der Waals surface area contributed by atoms with E-state index in [1.54, 1.807) is 0 Å². The first kappa shape index (κ1) is 17.0. The molecule has 0 aromatic carbocycles. The van der Waals surface area contributed by atoms with Gasteiger partial charge in [0.05, 0.1) is 0 Å². The van der Waals surface area contributed by atoms with Crippen molar-refractivity contribution in [3.63, 3.8) is 0 Å². The third-order valence-corrected chi connectivity index (χ3v) is 4.28. The summed E-state index contributed by atoms with van der Waals surface area (Å²) >= 11 is 0. The van der Waals surface area contributed by atoms with Gasteiger partial charge in [0, 0.05) is 23.8 Å². The van der Waals surface area contributed by atoms with Crippen LogP contribution in [0.25, 0.3) is 0 Å². The van der Waals surface area contributed by atoms with Crippen molar-refractivity contribution in [2.75, 3.05) is 0 Å². The summed E-state index contributed by atoms with van der Waals surface area (Å²) in [4.78, 5) is 23.3. The zero-order valence-corrected chi connectivity index (χ0v) is 12.8. The Morgan fingerprint density at radius 1 is 1.15 bits per heavy atom. The number of carbonyl (C=O) groups excluding carboxylic acids is 2. The van der Waals surface area contributed by atoms with E-state index in [0.29, 0.717) is 12.8 Å². The lowest BCUT2D eigenvalue weighted by Gasteiger charge is -2.32. The number of aliphatic carboxylic acids is 1. The van der Waals surface area contributed by atoms with Crippen LogP contribution in [0.15, 0.2) is 0 Å². The molecule has 0 heterocycles. The van der Waals surface area contributed by atoms with Crippen LogP contribution in [0.4, 0.5) is 0 Å². The second-order valence-corrected chi connectivity index (χ2v) is 6.08. The summed E-state index contributed by atoms with van der Waals surface area (Å²) in [6, 6.07) is 0.128. The van der Waals surface area contributed by atoms with Crippen LogP contribution in [0, 0.1) is 11.8 Å². The van der Waals surface area contributed by atoms with Gasteiger partial charge in [-0.3, -0.25) is 4.79 Å². The fourth-order valence-electron chi connectivity index (χ4n) is 3.03. The van der Waals surface area contributed by atoms with E-state index in [4.69, 9.17) is 0 Å². The number of rotatable bonds is 8. The van der Waals surface area contributed by atoms with Gasteiger partial charge >= 0.3 is 0 Å². The molecule has 4 nitrogen and oxygen atoms in total. The number of unbranched alkanes of at least 4 members (excludes halogenated alkanes) is 3. The summed E-state index contributed by atoms with van der Waals surface area (Å²) in [6.45, 7) is 4.18. The number of carboxylic acid groups (broad SMARTS) is 1. The molecular weight excluding hydrogens is 254 g/mol. The zero-order valence-electron chi connectivity index (χ0n) is 12.8. The molecule has 4 heteroatoms. The predicted octanol–water partition coefficient (Wildman–Crippen LogP) is 2.02. The van der Waals surface area contributed by atoms with E-state index in [-0.39, 0.29) is 11.9 Å². The largest absolute Gasteiger partial charge is 0.550 e. The molecule has 0 aliphatic heterocycles. The van der Waals surface area contributed by atoms with Crippen LogP contribution >= 0.6 is 0 Å². The monoisotopic (exact) mass is 282 g/mol. The summed E-state index contributed by atoms with van der Waals surface area (Å²) in [7, 11) is 0. The third-order valence-electron chi connectivity index (χ3n) is 4.28. The van der Waals surface area contributed by atoms with Crippen molar-refractivity contribution in [3.05, 3.63) is 0 Å². The summed E-state index contributed by atoms with van der Waals surface area (Å²) in [5.74, 6) is -2.16. The SMILES string of the molecule is CCCCCC[C@H](C)NC(=O)[C@H]1CCCC[C@@H]1C(=O)[O-]. The Morgan fingerprint density at radius 3 is 2.40 bits per heavy atom. The van der Waals surface area contributed by atoms with Crippen LogP contribution in [0.2, 0.25) is 0 Å². The third kappa shape index (κ3) is 5.51. The first-order valence-corrected chi connectivity index (χ1v) is 8.07. The Balaban J connectivity index is 2.37. The number of hydrogen-bond donors (Lipinski definition) is 1. The topological polar surface area (TPSA) is 69.2 Å². The molecule has 1 N–H and O–H groups in total. The van der Waals surface area contributed by atoms with E-state index in [2.05, 4.69) is 12.2 Å². The summed E-state index contributed by atoms with van der Waals surface area (Å²) in [6.07, 6.45) is 8.78. The predicted molar refractivity (Wildman–Crippen MR) is 76.8 cm³/mol. The van der Waals surface area contributed by atoms with Gasteiger partial charge in [0.1, 0.15) is 0 Å². The maximum atomic E-state index is 12.2. The van der Waals surface area contributed by atoms with E-state index in [1.165, 1.54) is 19.3 Å². The fraction of sp³-hybridized carbons (Fsp3) is 0.875. The smallest absolute Gasteiger partial charge is 0.223 e. The Labute approximate surface area is 122 Å². The molecule has 1 aliphatic rings. The van der Waals surface area contributed by atoms with Crippen LogP contribution < -0.4 is 10.4 Å². The number of hydrogen-bond acceptors (Lipinski definition) is 3. The molecule has 1 aliphatic carbocycles. The number of carbonyl (C=O) groups is 2. The molecule has 1 fully saturated rings. The van der Waals surface area contributed by atoms with Crippen molar-refractivity contribution >= 4 is 11.9 Å². The molecule has 20 heavy (non-hydrogen) atoms. The maximum absolute atomic E-state index is 12.2. The van der Waals surface area contributed by atoms with Gasteiger partial charge in [0.2, 0.25) is 5.91 Å². The highest BCUT2D eigenvalue weighted by Gasteiger charge is 2.32. The minimum absolute atomic E-state index is 0.0955. The van der Waals surface area contributed by atoms with Crippen LogP contribution in [0.1, 0.15) is 71.6 Å². The van der Waals surface area contributed by atoms with E-state index < -0.39 is 17.8 Å². The van der Waals surface area contributed by atoms with Gasteiger partial charge in [-0.1, -0.05) is 45.4 Å². The Bertz CT molecular complexity index is 317. The van der Waals surface area contributed by atoms with Crippen LogP contribution in [-0.4, -0.2) is 17.9 Å². The molecule has 3 atom stereocenters. The zero-order chi connectivity index (χ0) is 15.0. The molecule has 0 radical (unpaired) electrons. The fourth-order valence-corrected chi connectivity index (χ4v) is 3.03. The maximum Gasteiger partial charge on any atom is 0.223 e. The summed E-state index contributed by atoms with van der Waals surface area (Å²) in [5, 5.41) is 14.1. The first-order valence-electron chi connectivity index (χ1n) is 8.07. The Kier molecular flexibility index (Phi) is 7.63. The first-order chi connectivity index (χ1) is 9.56. The van der Waals surface area contributed by atoms with Gasteiger partial charge in [-0.2, -0.15) is 0 Å². The number of amides is 1. The molecule has 1 rings (SSSR count). The quantitative estimate of drug-likeness (QED) is 0.692. The van der Waals surface area contributed by atoms with Crippen molar-refractivity contribution < 1.29 is 14.7 Å². The normalized spacial score (nSPS) is 24.1. The van der Waals surface area contributed by atoms with Gasteiger partial charge in [-0.05, 0) is 26.2 Å². The molecule has 1 saturated carbocycles. The Hall–Kier alpha value is -1.06. The lowest BCUT2D eigenvalue weighted by Crippen LogP contribution is -2.46. The standard InChI is InChI=1S/C16H29NO3/c1-3-4-5-6-9-12(2)17-15(18)13-10-7-8-11-14(13)16(19)20/h12-14H,3-11H2,1-2H3,(H,17,18)(H,19,20)/p-1/t12-,13-,14-/m0/s1. The van der Waals surface area contributed by atoms with Crippen molar-refractivity contribution in [1.82, 2.24) is 5.32 Å². The average molecular weight is 282 g/mol. The molecule has 116 valence electrons. The van der Waals surface area contributed by atoms with E-state index >= 15 is 0 Å². The van der Waals surface area contributed by atoms with Gasteiger partial charge < -0.3 is 15.2 Å². The lowest BCUT2D eigenvalue weighted by molar-refractivity contribution is -0.314. The van der Waals surface area contributed by atoms with Crippen molar-refractivity contribution in [1.29, 1.82) is 0 Å². The van der Waals surface area contributed by atoms with Gasteiger partial charge in [-0.25, -0.2) is 0 Å². The highest BCUT2D eigenvalue weighted by atomic mass is 16.4. The highest BCUT2D eigenvalue weighted by molar-refractivity contribution is 5.84. The lowest BCUT2D eigenvalue weighted by atomic mass is 9.78. The minimum atomic E-state index is -1.07. The highest BCUT2D eigenvalue weighted by Crippen LogP contribution is 2.30. The van der Waals surface area contributed by atoms with Crippen LogP contribution in [0.3, 0.4) is 0 Å². The molecule has 1 amide bonds. The van der Waals surface area contributed by atoms with E-state index in [0.717, 1.165) is 25.7 Å². The van der Waals surface area contributed by atoms with Crippen molar-refractivity contribution in [2.45, 2.75) is 77.7 Å². The summed E-state index contributed by atoms with van der Waals surface area (Å²) < 4.78 is 0.